The van der Waals surface area contributed by atoms with E-state index in [1.165, 1.54) is 23.9 Å². The number of non-ortho nitro benzene ring substituents is 1. The van der Waals surface area contributed by atoms with Crippen LogP contribution in [0.2, 0.25) is 0 Å². The number of aryl methyl sites for hydroxylation is 1. The zero-order chi connectivity index (χ0) is 24.2. The van der Waals surface area contributed by atoms with Gasteiger partial charge in [0.15, 0.2) is 0 Å². The summed E-state index contributed by atoms with van der Waals surface area (Å²) < 4.78 is 12.2. The van der Waals surface area contributed by atoms with E-state index < -0.39 is 4.92 Å². The van der Waals surface area contributed by atoms with Crippen molar-refractivity contribution in [2.75, 3.05) is 19.5 Å². The van der Waals surface area contributed by atoms with E-state index in [0.717, 1.165) is 5.56 Å². The van der Waals surface area contributed by atoms with Crippen LogP contribution in [0.1, 0.15) is 16.1 Å². The second-order valence-corrected chi connectivity index (χ2v) is 7.49. The molecule has 4 rings (SSSR count). The van der Waals surface area contributed by atoms with Gasteiger partial charge in [-0.3, -0.25) is 14.9 Å². The number of nitrogens with one attached hydrogen (secondary N) is 1. The van der Waals surface area contributed by atoms with E-state index in [9.17, 15) is 14.9 Å². The molecule has 0 atom stereocenters. The number of hydrogen-bond donors (Lipinski definition) is 1. The van der Waals surface area contributed by atoms with Gasteiger partial charge in [-0.15, -0.1) is 0 Å². The standard InChI is InChI=1S/C25H22N4O5/c1-16-4-6-17(7-5-16)26-25(30)23-15-22(21-13-12-20(33-2)14-24(21)34-3)27-28(23)18-8-10-19(11-9-18)29(31)32/h4-15H,1-3H3,(H,26,30). The molecule has 0 radical (unpaired) electrons. The van der Waals surface area contributed by atoms with Crippen LogP contribution in [0.25, 0.3) is 16.9 Å². The summed E-state index contributed by atoms with van der Waals surface area (Å²) in [4.78, 5) is 23.8. The van der Waals surface area contributed by atoms with Crippen molar-refractivity contribution in [3.63, 3.8) is 0 Å². The molecule has 0 fully saturated rings. The number of methoxy groups -OCH3 is 2. The normalized spacial score (nSPS) is 10.6. The Balaban J connectivity index is 1.80. The highest BCUT2D eigenvalue weighted by Gasteiger charge is 2.20. The third-order valence-corrected chi connectivity index (χ3v) is 5.24. The van der Waals surface area contributed by atoms with E-state index in [1.807, 2.05) is 31.2 Å². The van der Waals surface area contributed by atoms with Gasteiger partial charge >= 0.3 is 0 Å². The van der Waals surface area contributed by atoms with E-state index in [2.05, 4.69) is 10.4 Å². The number of nitro groups is 1. The number of hydrogen-bond acceptors (Lipinski definition) is 6. The summed E-state index contributed by atoms with van der Waals surface area (Å²) in [6, 6.07) is 20.2. The summed E-state index contributed by atoms with van der Waals surface area (Å²) in [6.07, 6.45) is 0. The summed E-state index contributed by atoms with van der Waals surface area (Å²) >= 11 is 0. The van der Waals surface area contributed by atoms with E-state index in [-0.39, 0.29) is 17.3 Å². The smallest absolute Gasteiger partial charge is 0.274 e. The van der Waals surface area contributed by atoms with Crippen molar-refractivity contribution in [3.8, 4) is 28.4 Å². The molecular formula is C25H22N4O5. The molecule has 34 heavy (non-hydrogen) atoms. The highest BCUT2D eigenvalue weighted by molar-refractivity contribution is 6.04. The average molecular weight is 458 g/mol. The lowest BCUT2D eigenvalue weighted by Crippen LogP contribution is -2.17. The van der Waals surface area contributed by atoms with Crippen molar-refractivity contribution >= 4 is 17.3 Å². The van der Waals surface area contributed by atoms with Crippen molar-refractivity contribution in [2.45, 2.75) is 6.92 Å². The maximum Gasteiger partial charge on any atom is 0.274 e. The monoisotopic (exact) mass is 458 g/mol. The highest BCUT2D eigenvalue weighted by Crippen LogP contribution is 2.34. The van der Waals surface area contributed by atoms with Gasteiger partial charge in [0, 0.05) is 29.4 Å². The molecule has 0 unspecified atom stereocenters. The van der Waals surface area contributed by atoms with Gasteiger partial charge in [-0.05, 0) is 49.4 Å². The second kappa shape index (κ2) is 9.45. The number of carbonyl (C=O) groups is 1. The molecule has 1 N–H and O–H groups in total. The fourth-order valence-corrected chi connectivity index (χ4v) is 3.43. The van der Waals surface area contributed by atoms with E-state index in [4.69, 9.17) is 9.47 Å². The first kappa shape index (κ1) is 22.5. The number of carbonyl (C=O) groups excluding carboxylic acids is 1. The molecule has 9 nitrogen and oxygen atoms in total. The van der Waals surface area contributed by atoms with E-state index >= 15 is 0 Å². The summed E-state index contributed by atoms with van der Waals surface area (Å²) in [5.74, 6) is 0.763. The molecule has 1 aromatic heterocycles. The van der Waals surface area contributed by atoms with Crippen LogP contribution in [0.15, 0.2) is 72.8 Å². The molecule has 0 aliphatic heterocycles. The number of nitrogens with zero attached hydrogens (tertiary/aromatic N) is 3. The lowest BCUT2D eigenvalue weighted by Gasteiger charge is -2.09. The molecule has 1 amide bonds. The van der Waals surface area contributed by atoms with Crippen LogP contribution in [-0.2, 0) is 0 Å². The molecule has 0 aliphatic carbocycles. The first-order valence-corrected chi connectivity index (χ1v) is 10.3. The van der Waals surface area contributed by atoms with Crippen LogP contribution in [0.4, 0.5) is 11.4 Å². The molecule has 172 valence electrons. The molecule has 1 heterocycles. The van der Waals surface area contributed by atoms with Crippen LogP contribution < -0.4 is 14.8 Å². The molecule has 0 bridgehead atoms. The Hall–Kier alpha value is -4.66. The Labute approximate surface area is 195 Å². The molecule has 0 saturated carbocycles. The number of benzene rings is 3. The van der Waals surface area contributed by atoms with Gasteiger partial charge in [-0.25, -0.2) is 4.68 Å². The Morgan fingerprint density at radius 3 is 2.29 bits per heavy atom. The zero-order valence-corrected chi connectivity index (χ0v) is 18.8. The minimum absolute atomic E-state index is 0.0568. The van der Waals surface area contributed by atoms with Gasteiger partial charge in [0.05, 0.1) is 30.5 Å². The number of amides is 1. The Morgan fingerprint density at radius 1 is 0.971 bits per heavy atom. The number of anilines is 1. The maximum atomic E-state index is 13.2. The Kier molecular flexibility index (Phi) is 6.26. The van der Waals surface area contributed by atoms with Crippen LogP contribution in [0.5, 0.6) is 11.5 Å². The van der Waals surface area contributed by atoms with Gasteiger partial charge in [0.1, 0.15) is 17.2 Å². The fourth-order valence-electron chi connectivity index (χ4n) is 3.43. The van der Waals surface area contributed by atoms with Crippen molar-refractivity contribution in [3.05, 3.63) is 94.2 Å². The fraction of sp³-hybridized carbons (Fsp3) is 0.120. The molecule has 0 saturated heterocycles. The summed E-state index contributed by atoms with van der Waals surface area (Å²) in [7, 11) is 3.10. The zero-order valence-electron chi connectivity index (χ0n) is 18.8. The molecule has 0 spiro atoms. The van der Waals surface area contributed by atoms with Gasteiger partial charge in [-0.1, -0.05) is 17.7 Å². The van der Waals surface area contributed by atoms with Gasteiger partial charge in [-0.2, -0.15) is 5.10 Å². The van der Waals surface area contributed by atoms with Crippen molar-refractivity contribution in [1.29, 1.82) is 0 Å². The third kappa shape index (κ3) is 4.58. The molecule has 4 aromatic rings. The maximum absolute atomic E-state index is 13.2. The van der Waals surface area contributed by atoms with Crippen LogP contribution >= 0.6 is 0 Å². The summed E-state index contributed by atoms with van der Waals surface area (Å²) in [5, 5.41) is 18.6. The number of aromatic nitrogens is 2. The van der Waals surface area contributed by atoms with Crippen LogP contribution in [0, 0.1) is 17.0 Å². The second-order valence-electron chi connectivity index (χ2n) is 7.49. The minimum atomic E-state index is -0.481. The quantitative estimate of drug-likeness (QED) is 0.307. The van der Waals surface area contributed by atoms with Crippen molar-refractivity contribution in [2.24, 2.45) is 0 Å². The lowest BCUT2D eigenvalue weighted by atomic mass is 10.1. The van der Waals surface area contributed by atoms with Gasteiger partial charge in [0.25, 0.3) is 11.6 Å². The molecular weight excluding hydrogens is 436 g/mol. The average Bonchev–Trinajstić information content (AvgIpc) is 3.30. The summed E-state index contributed by atoms with van der Waals surface area (Å²) in [5.41, 5.74) is 3.55. The largest absolute Gasteiger partial charge is 0.497 e. The van der Waals surface area contributed by atoms with Crippen molar-refractivity contribution in [1.82, 2.24) is 9.78 Å². The van der Waals surface area contributed by atoms with E-state index in [0.29, 0.717) is 34.1 Å². The van der Waals surface area contributed by atoms with Crippen molar-refractivity contribution < 1.29 is 19.2 Å². The molecule has 9 heteroatoms. The van der Waals surface area contributed by atoms with Crippen LogP contribution in [-0.4, -0.2) is 34.8 Å². The van der Waals surface area contributed by atoms with Gasteiger partial charge in [0.2, 0.25) is 0 Å². The number of ether oxygens (including phenoxy) is 2. The predicted molar refractivity (Wildman–Crippen MR) is 128 cm³/mol. The molecule has 3 aromatic carbocycles. The lowest BCUT2D eigenvalue weighted by molar-refractivity contribution is -0.384. The predicted octanol–water partition coefficient (Wildman–Crippen LogP) is 5.03. The van der Waals surface area contributed by atoms with Crippen LogP contribution in [0.3, 0.4) is 0 Å². The Morgan fingerprint density at radius 2 is 1.68 bits per heavy atom. The molecule has 0 aliphatic rings. The SMILES string of the molecule is COc1ccc(-c2cc(C(=O)Nc3ccc(C)cc3)n(-c3ccc([N+](=O)[O-])cc3)n2)c(OC)c1. The summed E-state index contributed by atoms with van der Waals surface area (Å²) in [6.45, 7) is 1.96. The van der Waals surface area contributed by atoms with E-state index in [1.54, 1.807) is 43.5 Å². The highest BCUT2D eigenvalue weighted by atomic mass is 16.6. The van der Waals surface area contributed by atoms with Gasteiger partial charge < -0.3 is 14.8 Å². The first-order valence-electron chi connectivity index (χ1n) is 10.3. The minimum Gasteiger partial charge on any atom is -0.497 e. The number of nitro benzene ring substituents is 1. The topological polar surface area (TPSA) is 109 Å². The first-order chi connectivity index (χ1) is 16.4. The number of rotatable bonds is 7. The third-order valence-electron chi connectivity index (χ3n) is 5.24. The Bertz CT molecular complexity index is 1340.